The Bertz CT molecular complexity index is 478. The zero-order chi connectivity index (χ0) is 12.3. The molecule has 2 rings (SSSR count). The Morgan fingerprint density at radius 2 is 2.29 bits per heavy atom. The molecule has 0 saturated carbocycles. The summed E-state index contributed by atoms with van der Waals surface area (Å²) in [5, 5.41) is 7.32. The van der Waals surface area contributed by atoms with E-state index in [1.165, 1.54) is 0 Å². The quantitative estimate of drug-likeness (QED) is 0.837. The van der Waals surface area contributed by atoms with Crippen molar-refractivity contribution in [3.8, 4) is 0 Å². The predicted molar refractivity (Wildman–Crippen MR) is 69.3 cm³/mol. The lowest BCUT2D eigenvalue weighted by molar-refractivity contribution is 0.541. The third kappa shape index (κ3) is 2.74. The molecule has 5 nitrogen and oxygen atoms in total. The average Bonchev–Trinajstić information content (AvgIpc) is 2.75. The van der Waals surface area contributed by atoms with Gasteiger partial charge < -0.3 is 10.2 Å². The first-order chi connectivity index (χ1) is 8.20. The van der Waals surface area contributed by atoms with Crippen LogP contribution in [0.2, 0.25) is 0 Å². The molecular formula is C12H19N5. The summed E-state index contributed by atoms with van der Waals surface area (Å²) in [6, 6.07) is 3.90. The second kappa shape index (κ2) is 5.14. The van der Waals surface area contributed by atoms with Crippen molar-refractivity contribution in [2.75, 3.05) is 32.1 Å². The van der Waals surface area contributed by atoms with Gasteiger partial charge in [0.1, 0.15) is 5.82 Å². The van der Waals surface area contributed by atoms with Gasteiger partial charge in [0.15, 0.2) is 5.65 Å². The Labute approximate surface area is 101 Å². The van der Waals surface area contributed by atoms with E-state index in [0.717, 1.165) is 24.6 Å². The van der Waals surface area contributed by atoms with E-state index >= 15 is 0 Å². The summed E-state index contributed by atoms with van der Waals surface area (Å²) in [6.45, 7) is 4.22. The van der Waals surface area contributed by atoms with Gasteiger partial charge >= 0.3 is 0 Å². The average molecular weight is 233 g/mol. The van der Waals surface area contributed by atoms with Crippen molar-refractivity contribution in [1.29, 1.82) is 0 Å². The predicted octanol–water partition coefficient (Wildman–Crippen LogP) is 1.02. The van der Waals surface area contributed by atoms with Crippen LogP contribution in [0.4, 0.5) is 5.82 Å². The van der Waals surface area contributed by atoms with Crippen molar-refractivity contribution < 1.29 is 0 Å². The lowest BCUT2D eigenvalue weighted by Crippen LogP contribution is -2.30. The maximum atomic E-state index is 4.55. The number of hydrogen-bond donors (Lipinski definition) is 1. The first-order valence-corrected chi connectivity index (χ1v) is 5.87. The fraction of sp³-hybridized carbons (Fsp3) is 0.500. The van der Waals surface area contributed by atoms with Crippen molar-refractivity contribution in [3.05, 3.63) is 24.5 Å². The first-order valence-electron chi connectivity index (χ1n) is 5.87. The fourth-order valence-corrected chi connectivity index (χ4v) is 1.99. The van der Waals surface area contributed by atoms with Gasteiger partial charge in [0, 0.05) is 25.9 Å². The smallest absolute Gasteiger partial charge is 0.157 e. The molecule has 0 aromatic carbocycles. The van der Waals surface area contributed by atoms with E-state index in [1.807, 2.05) is 25.4 Å². The Hall–Kier alpha value is -1.62. The SMILES string of the molecule is CNCC(C)CN(C)c1ccn2nccc2n1. The van der Waals surface area contributed by atoms with Crippen molar-refractivity contribution in [1.82, 2.24) is 19.9 Å². The van der Waals surface area contributed by atoms with Gasteiger partial charge in [0.2, 0.25) is 0 Å². The van der Waals surface area contributed by atoms with Crippen LogP contribution in [0.5, 0.6) is 0 Å². The molecule has 0 spiro atoms. The Balaban J connectivity index is 2.09. The molecule has 0 aliphatic heterocycles. The summed E-state index contributed by atoms with van der Waals surface area (Å²) in [6.07, 6.45) is 3.70. The summed E-state index contributed by atoms with van der Waals surface area (Å²) in [4.78, 5) is 6.73. The molecule has 92 valence electrons. The Morgan fingerprint density at radius 3 is 3.06 bits per heavy atom. The molecule has 0 radical (unpaired) electrons. The molecule has 1 unspecified atom stereocenters. The van der Waals surface area contributed by atoms with Crippen LogP contribution in [0.25, 0.3) is 5.65 Å². The largest absolute Gasteiger partial charge is 0.359 e. The highest BCUT2D eigenvalue weighted by molar-refractivity contribution is 5.46. The molecular weight excluding hydrogens is 214 g/mol. The van der Waals surface area contributed by atoms with Crippen LogP contribution in [-0.4, -0.2) is 41.8 Å². The number of rotatable bonds is 5. The zero-order valence-electron chi connectivity index (χ0n) is 10.6. The van der Waals surface area contributed by atoms with Gasteiger partial charge in [-0.25, -0.2) is 9.50 Å². The second-order valence-electron chi connectivity index (χ2n) is 4.46. The summed E-state index contributed by atoms with van der Waals surface area (Å²) in [5.41, 5.74) is 0.885. The second-order valence-corrected chi connectivity index (χ2v) is 4.46. The van der Waals surface area contributed by atoms with E-state index in [-0.39, 0.29) is 0 Å². The van der Waals surface area contributed by atoms with Crippen molar-refractivity contribution >= 4 is 11.5 Å². The molecule has 0 saturated heterocycles. The number of aromatic nitrogens is 3. The van der Waals surface area contributed by atoms with Crippen LogP contribution in [-0.2, 0) is 0 Å². The summed E-state index contributed by atoms with van der Waals surface area (Å²) in [5.74, 6) is 1.58. The van der Waals surface area contributed by atoms with Gasteiger partial charge in [-0.05, 0) is 25.6 Å². The molecule has 5 heteroatoms. The maximum Gasteiger partial charge on any atom is 0.157 e. The number of nitrogens with zero attached hydrogens (tertiary/aromatic N) is 4. The summed E-state index contributed by atoms with van der Waals surface area (Å²) < 4.78 is 1.77. The monoisotopic (exact) mass is 233 g/mol. The highest BCUT2D eigenvalue weighted by Crippen LogP contribution is 2.11. The van der Waals surface area contributed by atoms with E-state index in [0.29, 0.717) is 5.92 Å². The van der Waals surface area contributed by atoms with Gasteiger partial charge in [-0.3, -0.25) is 0 Å². The third-order valence-electron chi connectivity index (χ3n) is 2.77. The maximum absolute atomic E-state index is 4.55. The molecule has 2 aromatic rings. The van der Waals surface area contributed by atoms with E-state index < -0.39 is 0 Å². The van der Waals surface area contributed by atoms with E-state index in [4.69, 9.17) is 0 Å². The van der Waals surface area contributed by atoms with Crippen LogP contribution < -0.4 is 10.2 Å². The number of anilines is 1. The molecule has 0 amide bonds. The molecule has 0 bridgehead atoms. The number of nitrogens with one attached hydrogen (secondary N) is 1. The Morgan fingerprint density at radius 1 is 1.47 bits per heavy atom. The Kier molecular flexibility index (Phi) is 3.58. The lowest BCUT2D eigenvalue weighted by Gasteiger charge is -2.22. The van der Waals surface area contributed by atoms with Crippen molar-refractivity contribution in [3.63, 3.8) is 0 Å². The molecule has 2 heterocycles. The van der Waals surface area contributed by atoms with Gasteiger partial charge in [-0.1, -0.05) is 6.92 Å². The van der Waals surface area contributed by atoms with E-state index in [2.05, 4.69) is 34.3 Å². The van der Waals surface area contributed by atoms with Crippen molar-refractivity contribution in [2.24, 2.45) is 5.92 Å². The lowest BCUT2D eigenvalue weighted by atomic mass is 10.1. The highest BCUT2D eigenvalue weighted by Gasteiger charge is 2.08. The topological polar surface area (TPSA) is 45.5 Å². The van der Waals surface area contributed by atoms with Gasteiger partial charge in [-0.2, -0.15) is 5.10 Å². The summed E-state index contributed by atoms with van der Waals surface area (Å²) >= 11 is 0. The van der Waals surface area contributed by atoms with E-state index in [1.54, 1.807) is 10.7 Å². The van der Waals surface area contributed by atoms with Crippen molar-refractivity contribution in [2.45, 2.75) is 6.92 Å². The van der Waals surface area contributed by atoms with Crippen LogP contribution in [0.15, 0.2) is 24.5 Å². The van der Waals surface area contributed by atoms with Crippen LogP contribution in [0.1, 0.15) is 6.92 Å². The zero-order valence-corrected chi connectivity index (χ0v) is 10.6. The molecule has 1 N–H and O–H groups in total. The molecule has 1 atom stereocenters. The first kappa shape index (κ1) is 11.9. The van der Waals surface area contributed by atoms with Gasteiger partial charge in [-0.15, -0.1) is 0 Å². The standard InChI is InChI=1S/C12H19N5/c1-10(8-13-2)9-16(3)11-5-7-17-12(15-11)4-6-14-17/h4-7,10,13H,8-9H2,1-3H3. The fourth-order valence-electron chi connectivity index (χ4n) is 1.99. The number of fused-ring (bicyclic) bond motifs is 1. The van der Waals surface area contributed by atoms with Crippen LogP contribution >= 0.6 is 0 Å². The normalized spacial score (nSPS) is 12.9. The van der Waals surface area contributed by atoms with Gasteiger partial charge in [0.25, 0.3) is 0 Å². The third-order valence-corrected chi connectivity index (χ3v) is 2.77. The molecule has 0 aliphatic rings. The van der Waals surface area contributed by atoms with Crippen LogP contribution in [0, 0.1) is 5.92 Å². The molecule has 17 heavy (non-hydrogen) atoms. The van der Waals surface area contributed by atoms with Gasteiger partial charge in [0.05, 0.1) is 6.20 Å². The summed E-state index contributed by atoms with van der Waals surface area (Å²) in [7, 11) is 4.05. The minimum absolute atomic E-state index is 0.591. The number of hydrogen-bond acceptors (Lipinski definition) is 4. The minimum Gasteiger partial charge on any atom is -0.359 e. The highest BCUT2D eigenvalue weighted by atomic mass is 15.3. The van der Waals surface area contributed by atoms with Crippen LogP contribution in [0.3, 0.4) is 0 Å². The minimum atomic E-state index is 0.591. The molecule has 2 aromatic heterocycles. The molecule has 0 aliphatic carbocycles. The molecule has 0 fully saturated rings. The van der Waals surface area contributed by atoms with E-state index in [9.17, 15) is 0 Å².